The van der Waals surface area contributed by atoms with E-state index >= 15 is 0 Å². The van der Waals surface area contributed by atoms with E-state index in [1.54, 1.807) is 11.3 Å². The van der Waals surface area contributed by atoms with Gasteiger partial charge in [-0.05, 0) is 25.0 Å². The van der Waals surface area contributed by atoms with E-state index in [0.29, 0.717) is 6.04 Å². The quantitative estimate of drug-likeness (QED) is 0.942. The van der Waals surface area contributed by atoms with Crippen molar-refractivity contribution >= 4 is 27.3 Å². The Labute approximate surface area is 112 Å². The highest BCUT2D eigenvalue weighted by molar-refractivity contribution is 9.10. The number of nitrogens with zero attached hydrogens (tertiary/aromatic N) is 2. The first-order valence-electron chi connectivity index (χ1n) is 5.63. The summed E-state index contributed by atoms with van der Waals surface area (Å²) >= 11 is 5.13. The Kier molecular flexibility index (Phi) is 3.22. The van der Waals surface area contributed by atoms with Crippen molar-refractivity contribution in [3.05, 3.63) is 33.7 Å². The molecule has 0 saturated heterocycles. The van der Waals surface area contributed by atoms with Crippen molar-refractivity contribution in [2.75, 3.05) is 0 Å². The fourth-order valence-electron chi connectivity index (χ4n) is 1.58. The second kappa shape index (κ2) is 4.84. The van der Waals surface area contributed by atoms with Crippen LogP contribution in [0.1, 0.15) is 17.8 Å². The molecule has 0 atom stereocenters. The molecule has 0 unspecified atom stereocenters. The number of rotatable bonds is 4. The van der Waals surface area contributed by atoms with Crippen LogP contribution >= 0.6 is 27.3 Å². The summed E-state index contributed by atoms with van der Waals surface area (Å²) in [5.74, 6) is 0. The SMILES string of the molecule is Brc1cccc(-c2nnc(CNC3CC3)s2)c1. The molecule has 1 aromatic heterocycles. The summed E-state index contributed by atoms with van der Waals surface area (Å²) in [4.78, 5) is 0. The highest BCUT2D eigenvalue weighted by atomic mass is 79.9. The summed E-state index contributed by atoms with van der Waals surface area (Å²) in [6.07, 6.45) is 2.61. The van der Waals surface area contributed by atoms with E-state index in [2.05, 4.69) is 43.6 Å². The van der Waals surface area contributed by atoms with Gasteiger partial charge in [0.05, 0.1) is 0 Å². The molecule has 0 radical (unpaired) electrons. The topological polar surface area (TPSA) is 37.8 Å². The van der Waals surface area contributed by atoms with Crippen LogP contribution in [0.3, 0.4) is 0 Å². The summed E-state index contributed by atoms with van der Waals surface area (Å²) in [5.41, 5.74) is 1.12. The molecule has 1 aliphatic carbocycles. The summed E-state index contributed by atoms with van der Waals surface area (Å²) < 4.78 is 1.07. The average molecular weight is 310 g/mol. The third-order valence-corrected chi connectivity index (χ3v) is 4.12. The first-order valence-corrected chi connectivity index (χ1v) is 7.24. The van der Waals surface area contributed by atoms with Gasteiger partial charge in [0.25, 0.3) is 0 Å². The number of hydrogen-bond acceptors (Lipinski definition) is 4. The number of halogens is 1. The lowest BCUT2D eigenvalue weighted by molar-refractivity contribution is 0.679. The molecule has 88 valence electrons. The zero-order valence-electron chi connectivity index (χ0n) is 9.19. The van der Waals surface area contributed by atoms with Gasteiger partial charge in [0.15, 0.2) is 0 Å². The average Bonchev–Trinajstić information content (AvgIpc) is 3.04. The summed E-state index contributed by atoms with van der Waals surface area (Å²) in [6.45, 7) is 0.844. The maximum Gasteiger partial charge on any atom is 0.147 e. The summed E-state index contributed by atoms with van der Waals surface area (Å²) in [5, 5.41) is 13.9. The first kappa shape index (κ1) is 11.3. The maximum atomic E-state index is 4.23. The van der Waals surface area contributed by atoms with Crippen molar-refractivity contribution < 1.29 is 0 Å². The van der Waals surface area contributed by atoms with Crippen molar-refractivity contribution in [3.8, 4) is 10.6 Å². The smallest absolute Gasteiger partial charge is 0.147 e. The lowest BCUT2D eigenvalue weighted by atomic mass is 10.2. The van der Waals surface area contributed by atoms with Crippen molar-refractivity contribution in [2.45, 2.75) is 25.4 Å². The molecule has 3 nitrogen and oxygen atoms in total. The van der Waals surface area contributed by atoms with E-state index in [9.17, 15) is 0 Å². The van der Waals surface area contributed by atoms with Crippen LogP contribution in [-0.4, -0.2) is 16.2 Å². The molecule has 1 aromatic carbocycles. The maximum absolute atomic E-state index is 4.23. The van der Waals surface area contributed by atoms with Gasteiger partial charge in [-0.15, -0.1) is 10.2 Å². The third-order valence-electron chi connectivity index (χ3n) is 2.66. The molecular formula is C12H12BrN3S. The summed E-state index contributed by atoms with van der Waals surface area (Å²) in [6, 6.07) is 8.87. The van der Waals surface area contributed by atoms with E-state index in [1.807, 2.05) is 12.1 Å². The summed E-state index contributed by atoms with van der Waals surface area (Å²) in [7, 11) is 0. The van der Waals surface area contributed by atoms with Gasteiger partial charge in [0.1, 0.15) is 10.0 Å². The molecule has 0 aliphatic heterocycles. The second-order valence-electron chi connectivity index (χ2n) is 4.17. The third kappa shape index (κ3) is 2.91. The molecule has 0 bridgehead atoms. The Hall–Kier alpha value is -0.780. The molecule has 5 heteroatoms. The minimum atomic E-state index is 0.716. The largest absolute Gasteiger partial charge is 0.308 e. The van der Waals surface area contributed by atoms with Crippen LogP contribution in [0.25, 0.3) is 10.6 Å². The Bertz CT molecular complexity index is 522. The minimum Gasteiger partial charge on any atom is -0.308 e. The van der Waals surface area contributed by atoms with Crippen LogP contribution in [0, 0.1) is 0 Å². The highest BCUT2D eigenvalue weighted by Gasteiger charge is 2.20. The zero-order valence-corrected chi connectivity index (χ0v) is 11.6. The molecule has 0 spiro atoms. The van der Waals surface area contributed by atoms with Gasteiger partial charge < -0.3 is 5.32 Å². The fourth-order valence-corrected chi connectivity index (χ4v) is 2.77. The predicted octanol–water partition coefficient (Wildman–Crippen LogP) is 3.22. The van der Waals surface area contributed by atoms with E-state index in [-0.39, 0.29) is 0 Å². The normalized spacial score (nSPS) is 15.1. The number of benzene rings is 1. The van der Waals surface area contributed by atoms with Gasteiger partial charge in [-0.3, -0.25) is 0 Å². The van der Waals surface area contributed by atoms with Crippen molar-refractivity contribution in [2.24, 2.45) is 0 Å². The Morgan fingerprint density at radius 2 is 2.24 bits per heavy atom. The van der Waals surface area contributed by atoms with E-state index in [0.717, 1.165) is 26.6 Å². The van der Waals surface area contributed by atoms with Gasteiger partial charge in [-0.25, -0.2) is 0 Å². The van der Waals surface area contributed by atoms with Gasteiger partial charge >= 0.3 is 0 Å². The van der Waals surface area contributed by atoms with Crippen molar-refractivity contribution in [1.82, 2.24) is 15.5 Å². The predicted molar refractivity (Wildman–Crippen MR) is 72.9 cm³/mol. The van der Waals surface area contributed by atoms with Crippen LogP contribution in [0.2, 0.25) is 0 Å². The number of nitrogens with one attached hydrogen (secondary N) is 1. The molecule has 1 N–H and O–H groups in total. The molecule has 2 aromatic rings. The number of hydrogen-bond donors (Lipinski definition) is 1. The minimum absolute atomic E-state index is 0.716. The number of aromatic nitrogens is 2. The lowest BCUT2D eigenvalue weighted by Crippen LogP contribution is -2.14. The molecule has 1 heterocycles. The molecule has 1 aliphatic rings. The van der Waals surface area contributed by atoms with Gasteiger partial charge in [0.2, 0.25) is 0 Å². The standard InChI is InChI=1S/C12H12BrN3S/c13-9-3-1-2-8(6-9)12-16-15-11(17-12)7-14-10-4-5-10/h1-3,6,10,14H,4-5,7H2. The van der Waals surface area contributed by atoms with Crippen LogP contribution in [-0.2, 0) is 6.54 Å². The van der Waals surface area contributed by atoms with Crippen LogP contribution in [0.4, 0.5) is 0 Å². The molecule has 17 heavy (non-hydrogen) atoms. The van der Waals surface area contributed by atoms with Crippen LogP contribution < -0.4 is 5.32 Å². The molecule has 3 rings (SSSR count). The van der Waals surface area contributed by atoms with Crippen LogP contribution in [0.15, 0.2) is 28.7 Å². The van der Waals surface area contributed by atoms with E-state index in [4.69, 9.17) is 0 Å². The molecule has 0 amide bonds. The van der Waals surface area contributed by atoms with Crippen molar-refractivity contribution in [3.63, 3.8) is 0 Å². The fraction of sp³-hybridized carbons (Fsp3) is 0.333. The van der Waals surface area contributed by atoms with Gasteiger partial charge in [-0.1, -0.05) is 39.4 Å². The zero-order chi connectivity index (χ0) is 11.7. The first-order chi connectivity index (χ1) is 8.31. The lowest BCUT2D eigenvalue weighted by Gasteiger charge is -1.96. The Morgan fingerprint density at radius 3 is 3.00 bits per heavy atom. The highest BCUT2D eigenvalue weighted by Crippen LogP contribution is 2.26. The molecular weight excluding hydrogens is 298 g/mol. The Morgan fingerprint density at radius 1 is 1.35 bits per heavy atom. The van der Waals surface area contributed by atoms with Gasteiger partial charge in [0, 0.05) is 22.6 Å². The van der Waals surface area contributed by atoms with E-state index < -0.39 is 0 Å². The van der Waals surface area contributed by atoms with E-state index in [1.165, 1.54) is 12.8 Å². The Balaban J connectivity index is 1.74. The van der Waals surface area contributed by atoms with Crippen molar-refractivity contribution in [1.29, 1.82) is 0 Å². The second-order valence-corrected chi connectivity index (χ2v) is 6.14. The van der Waals surface area contributed by atoms with Gasteiger partial charge in [-0.2, -0.15) is 0 Å². The molecule has 1 fully saturated rings. The van der Waals surface area contributed by atoms with Crippen LogP contribution in [0.5, 0.6) is 0 Å². The monoisotopic (exact) mass is 309 g/mol. The molecule has 1 saturated carbocycles.